The Bertz CT molecular complexity index is 1210. The summed E-state index contributed by atoms with van der Waals surface area (Å²) in [5.41, 5.74) is 4.81. The van der Waals surface area contributed by atoms with Crippen LogP contribution in [0.5, 0.6) is 0 Å². The number of rotatable bonds is 4. The van der Waals surface area contributed by atoms with Crippen molar-refractivity contribution in [2.45, 2.75) is 19.4 Å². The Kier molecular flexibility index (Phi) is 5.13. The first-order valence-corrected chi connectivity index (χ1v) is 10.6. The normalized spacial score (nSPS) is 16.2. The summed E-state index contributed by atoms with van der Waals surface area (Å²) in [5, 5.41) is 5.14. The van der Waals surface area contributed by atoms with Gasteiger partial charge in [0.05, 0.1) is 10.7 Å². The maximum Gasteiger partial charge on any atom is 0.161 e. The second-order valence-electron chi connectivity index (χ2n) is 7.57. The van der Waals surface area contributed by atoms with Gasteiger partial charge in [0, 0.05) is 48.2 Å². The van der Waals surface area contributed by atoms with E-state index in [1.54, 1.807) is 16.9 Å². The fourth-order valence-corrected chi connectivity index (χ4v) is 4.12. The van der Waals surface area contributed by atoms with Gasteiger partial charge in [0.2, 0.25) is 0 Å². The molecule has 0 aromatic carbocycles. The molecule has 3 N–H and O–H groups in total. The van der Waals surface area contributed by atoms with Gasteiger partial charge in [-0.15, -0.1) is 0 Å². The summed E-state index contributed by atoms with van der Waals surface area (Å²) in [5.74, 6) is 7.88. The van der Waals surface area contributed by atoms with Crippen LogP contribution in [0.2, 0.25) is 5.02 Å². The van der Waals surface area contributed by atoms with Gasteiger partial charge in [-0.05, 0) is 48.9 Å². The van der Waals surface area contributed by atoms with E-state index in [-0.39, 0.29) is 0 Å². The first-order valence-electron chi connectivity index (χ1n) is 10.2. The van der Waals surface area contributed by atoms with Crippen molar-refractivity contribution in [3.63, 3.8) is 0 Å². The van der Waals surface area contributed by atoms with Gasteiger partial charge in [-0.25, -0.2) is 9.66 Å². The molecule has 0 fully saturated rings. The molecule has 0 radical (unpaired) electrons. The van der Waals surface area contributed by atoms with Gasteiger partial charge < -0.3 is 20.8 Å². The molecule has 5 rings (SSSR count). The van der Waals surface area contributed by atoms with Crippen LogP contribution in [0.25, 0.3) is 11.0 Å². The van der Waals surface area contributed by atoms with Crippen LogP contribution in [0, 0.1) is 0 Å². The predicted octanol–water partition coefficient (Wildman–Crippen LogP) is 3.43. The van der Waals surface area contributed by atoms with E-state index in [2.05, 4.69) is 22.9 Å². The van der Waals surface area contributed by atoms with Crippen molar-refractivity contribution in [1.29, 1.82) is 0 Å². The van der Waals surface area contributed by atoms with Gasteiger partial charge in [-0.1, -0.05) is 18.2 Å². The highest BCUT2D eigenvalue weighted by Gasteiger charge is 2.21. The number of pyridine rings is 2. The number of ether oxygens (including phenoxy) is 1. The third-order valence-corrected chi connectivity index (χ3v) is 5.80. The zero-order valence-electron chi connectivity index (χ0n) is 17.0. The molecule has 2 aliphatic heterocycles. The van der Waals surface area contributed by atoms with E-state index in [1.807, 2.05) is 35.4 Å². The molecule has 0 aliphatic carbocycles. The fraction of sp³-hybridized carbons (Fsp3) is 0.217. The van der Waals surface area contributed by atoms with Gasteiger partial charge in [0.15, 0.2) is 5.65 Å². The summed E-state index contributed by atoms with van der Waals surface area (Å²) >= 11 is 5.88. The summed E-state index contributed by atoms with van der Waals surface area (Å²) < 4.78 is 7.59. The number of hydrogen-bond acceptors (Lipinski definition) is 6. The van der Waals surface area contributed by atoms with E-state index in [4.69, 9.17) is 27.2 Å². The largest absolute Gasteiger partial charge is 0.487 e. The van der Waals surface area contributed by atoms with Crippen LogP contribution in [0.15, 0.2) is 66.8 Å². The molecular weight excluding hydrogens is 412 g/mol. The van der Waals surface area contributed by atoms with Crippen molar-refractivity contribution in [2.75, 3.05) is 23.8 Å². The molecular formula is C23H23ClN6O. The maximum atomic E-state index is 6.41. The smallest absolute Gasteiger partial charge is 0.161 e. The van der Waals surface area contributed by atoms with E-state index in [0.717, 1.165) is 59.9 Å². The fourth-order valence-electron chi connectivity index (χ4n) is 4.00. The zero-order valence-corrected chi connectivity index (χ0v) is 17.8. The average Bonchev–Trinajstić information content (AvgIpc) is 2.93. The molecule has 8 heteroatoms. The first kappa shape index (κ1) is 19.7. The highest BCUT2D eigenvalue weighted by molar-refractivity contribution is 6.30. The number of nitrogens with one attached hydrogen (secondary N) is 1. The van der Waals surface area contributed by atoms with Crippen molar-refractivity contribution in [3.05, 3.63) is 88.8 Å². The van der Waals surface area contributed by atoms with Gasteiger partial charge in [-0.3, -0.25) is 4.98 Å². The molecule has 3 aromatic heterocycles. The maximum absolute atomic E-state index is 6.41. The van der Waals surface area contributed by atoms with Crippen molar-refractivity contribution in [2.24, 2.45) is 0 Å². The van der Waals surface area contributed by atoms with Crippen molar-refractivity contribution >= 4 is 28.5 Å². The summed E-state index contributed by atoms with van der Waals surface area (Å²) in [6.45, 7) is 6.41. The number of halogens is 1. The highest BCUT2D eigenvalue weighted by atomic mass is 35.5. The molecule has 0 atom stereocenters. The number of nitrogens with zero attached hydrogens (tertiary/aromatic N) is 4. The van der Waals surface area contributed by atoms with E-state index in [0.29, 0.717) is 17.4 Å². The van der Waals surface area contributed by atoms with Crippen LogP contribution in [-0.2, 0) is 24.2 Å². The minimum Gasteiger partial charge on any atom is -0.487 e. The lowest BCUT2D eigenvalue weighted by Crippen LogP contribution is -2.20. The lowest BCUT2D eigenvalue weighted by atomic mass is 10.1. The second kappa shape index (κ2) is 8.09. The van der Waals surface area contributed by atoms with E-state index >= 15 is 0 Å². The average molecular weight is 435 g/mol. The Hall–Kier alpha value is -3.29. The topological polar surface area (TPSA) is 81.2 Å². The SMILES string of the molecule is C=C1C=C(OCc2ccc(Cl)cn2)C=CN1c1ccc2c3c(n(N)c2n1)CCNCC3. The van der Waals surface area contributed by atoms with Gasteiger partial charge in [-0.2, -0.15) is 0 Å². The van der Waals surface area contributed by atoms with E-state index in [1.165, 1.54) is 5.56 Å². The highest BCUT2D eigenvalue weighted by Crippen LogP contribution is 2.30. The molecule has 0 saturated carbocycles. The molecule has 31 heavy (non-hydrogen) atoms. The number of nitrogens with two attached hydrogens (primary N) is 1. The Balaban J connectivity index is 1.35. The van der Waals surface area contributed by atoms with E-state index < -0.39 is 0 Å². The predicted molar refractivity (Wildman–Crippen MR) is 123 cm³/mol. The Labute approximate surface area is 185 Å². The van der Waals surface area contributed by atoms with Crippen LogP contribution < -0.4 is 16.1 Å². The molecule has 0 amide bonds. The molecule has 0 spiro atoms. The van der Waals surface area contributed by atoms with Crippen LogP contribution in [0.4, 0.5) is 5.82 Å². The third-order valence-electron chi connectivity index (χ3n) is 5.57. The number of fused-ring (bicyclic) bond motifs is 3. The summed E-state index contributed by atoms with van der Waals surface area (Å²) in [6, 6.07) is 7.75. The lowest BCUT2D eigenvalue weighted by molar-refractivity contribution is 0.206. The Morgan fingerprint density at radius 1 is 1.19 bits per heavy atom. The Morgan fingerprint density at radius 2 is 2.06 bits per heavy atom. The standard InChI is InChI=1S/C23H23ClN6O/c1-15-12-18(31-14-17-3-2-16(24)13-27-17)8-11-29(15)22-5-4-20-19-6-9-26-10-7-21(19)30(25)23(20)28-22/h2-5,8,11-13,26H,1,6-7,9-10,14,25H2. The van der Waals surface area contributed by atoms with Crippen LogP contribution >= 0.6 is 11.6 Å². The number of aromatic nitrogens is 3. The summed E-state index contributed by atoms with van der Waals surface area (Å²) in [6.07, 6.45) is 9.14. The van der Waals surface area contributed by atoms with Gasteiger partial charge >= 0.3 is 0 Å². The molecule has 0 unspecified atom stereocenters. The lowest BCUT2D eigenvalue weighted by Gasteiger charge is -2.24. The zero-order chi connectivity index (χ0) is 21.4. The quantitative estimate of drug-likeness (QED) is 0.612. The minimum atomic E-state index is 0.353. The molecule has 158 valence electrons. The van der Waals surface area contributed by atoms with Crippen molar-refractivity contribution < 1.29 is 4.74 Å². The number of hydrogen-bond donors (Lipinski definition) is 2. The van der Waals surface area contributed by atoms with Gasteiger partial charge in [0.25, 0.3) is 0 Å². The molecule has 0 saturated heterocycles. The van der Waals surface area contributed by atoms with Crippen molar-refractivity contribution in [1.82, 2.24) is 20.0 Å². The molecule has 5 heterocycles. The summed E-state index contributed by atoms with van der Waals surface area (Å²) in [7, 11) is 0. The number of nitrogen functional groups attached to an aromatic ring is 1. The molecule has 2 aliphatic rings. The number of anilines is 1. The van der Waals surface area contributed by atoms with Crippen LogP contribution in [-0.4, -0.2) is 27.7 Å². The van der Waals surface area contributed by atoms with Crippen LogP contribution in [0.3, 0.4) is 0 Å². The Morgan fingerprint density at radius 3 is 2.87 bits per heavy atom. The van der Waals surface area contributed by atoms with Gasteiger partial charge in [0.1, 0.15) is 18.2 Å². The first-order chi connectivity index (χ1) is 15.1. The number of allylic oxidation sites excluding steroid dienone is 2. The molecule has 0 bridgehead atoms. The van der Waals surface area contributed by atoms with E-state index in [9.17, 15) is 0 Å². The second-order valence-corrected chi connectivity index (χ2v) is 8.00. The third kappa shape index (κ3) is 3.78. The van der Waals surface area contributed by atoms with Crippen LogP contribution in [0.1, 0.15) is 17.0 Å². The summed E-state index contributed by atoms with van der Waals surface area (Å²) in [4.78, 5) is 11.0. The monoisotopic (exact) mass is 434 g/mol. The molecule has 3 aromatic rings. The molecule has 7 nitrogen and oxygen atoms in total. The minimum absolute atomic E-state index is 0.353. The van der Waals surface area contributed by atoms with Crippen molar-refractivity contribution in [3.8, 4) is 0 Å².